The van der Waals surface area contributed by atoms with Gasteiger partial charge in [-0.2, -0.15) is 0 Å². The summed E-state index contributed by atoms with van der Waals surface area (Å²) in [6.07, 6.45) is 2.84. The molecule has 2 amide bonds. The van der Waals surface area contributed by atoms with Gasteiger partial charge in [0.15, 0.2) is 11.6 Å². The second-order valence-corrected chi connectivity index (χ2v) is 10.7. The standard InChI is InChI=1S/C27H39N9O6/c1-3-17-14-35(24-26(40)32-21(23(29)33-24)25(39)30-16(2)8-13-42-15-37)11-12-36(17)18-6-9-34(10-7-18)27(41)19-4-5-20(38)31-22(19)28/h4-5,15-18H,3,6-14H2,1-2H3,(H2,29,33)(H,30,39)(H,32,40)(H3,28,31,38). The van der Waals surface area contributed by atoms with Crippen molar-refractivity contribution in [3.05, 3.63) is 44.1 Å². The third-order valence-electron chi connectivity index (χ3n) is 7.97. The molecule has 2 unspecified atom stereocenters. The van der Waals surface area contributed by atoms with Crippen LogP contribution >= 0.6 is 0 Å². The van der Waals surface area contributed by atoms with E-state index in [0.717, 1.165) is 19.3 Å². The summed E-state index contributed by atoms with van der Waals surface area (Å²) >= 11 is 0. The molecule has 2 aromatic heterocycles. The second kappa shape index (κ2) is 13.5. The average Bonchev–Trinajstić information content (AvgIpc) is 2.97. The number of aromatic nitrogens is 3. The van der Waals surface area contributed by atoms with E-state index in [0.29, 0.717) is 51.2 Å². The van der Waals surface area contributed by atoms with Gasteiger partial charge in [-0.25, -0.2) is 4.98 Å². The fourth-order valence-electron chi connectivity index (χ4n) is 5.66. The number of likely N-dealkylation sites (tertiary alicyclic amines) is 1. The molecule has 2 aliphatic heterocycles. The normalized spacial score (nSPS) is 18.9. The van der Waals surface area contributed by atoms with E-state index in [2.05, 4.69) is 36.8 Å². The fraction of sp³-hybridized carbons (Fsp3) is 0.556. The number of aromatic amines is 2. The Morgan fingerprint density at radius 2 is 1.90 bits per heavy atom. The topological polar surface area (TPSA) is 213 Å². The molecule has 2 aliphatic rings. The zero-order valence-electron chi connectivity index (χ0n) is 23.9. The first kappa shape index (κ1) is 30.6. The minimum Gasteiger partial charge on any atom is -0.468 e. The van der Waals surface area contributed by atoms with Crippen molar-refractivity contribution in [1.82, 2.24) is 30.1 Å². The minimum absolute atomic E-state index is 0.0745. The number of rotatable bonds is 10. The lowest BCUT2D eigenvalue weighted by Gasteiger charge is -2.47. The molecule has 0 bridgehead atoms. The van der Waals surface area contributed by atoms with Crippen LogP contribution in [0.15, 0.2) is 21.7 Å². The molecule has 0 spiro atoms. The molecule has 2 atom stereocenters. The van der Waals surface area contributed by atoms with Gasteiger partial charge in [-0.15, -0.1) is 0 Å². The van der Waals surface area contributed by atoms with Crippen molar-refractivity contribution in [2.45, 2.75) is 57.7 Å². The SMILES string of the molecule is CCC1CN(c2nc(N)c(C(=O)NC(C)CCOC=O)[nH]c2=O)CCN1C1CCN(C(=O)c2ccc(=O)[nH]c2N)CC1. The van der Waals surface area contributed by atoms with Crippen LogP contribution in [0.1, 0.15) is 60.4 Å². The van der Waals surface area contributed by atoms with Gasteiger partial charge in [0.2, 0.25) is 5.56 Å². The van der Waals surface area contributed by atoms with Crippen LogP contribution < -0.4 is 32.8 Å². The van der Waals surface area contributed by atoms with Crippen molar-refractivity contribution in [3.8, 4) is 0 Å². The van der Waals surface area contributed by atoms with E-state index < -0.39 is 11.5 Å². The van der Waals surface area contributed by atoms with E-state index in [1.807, 2.05) is 4.90 Å². The van der Waals surface area contributed by atoms with E-state index >= 15 is 0 Å². The van der Waals surface area contributed by atoms with Crippen molar-refractivity contribution in [2.75, 3.05) is 55.7 Å². The summed E-state index contributed by atoms with van der Waals surface area (Å²) in [5.41, 5.74) is 11.3. The van der Waals surface area contributed by atoms with Crippen molar-refractivity contribution in [3.63, 3.8) is 0 Å². The zero-order chi connectivity index (χ0) is 30.4. The van der Waals surface area contributed by atoms with Crippen LogP contribution in [0.3, 0.4) is 0 Å². The van der Waals surface area contributed by atoms with E-state index in [1.165, 1.54) is 12.1 Å². The van der Waals surface area contributed by atoms with Crippen LogP contribution in [0.5, 0.6) is 0 Å². The number of amides is 2. The molecule has 2 fully saturated rings. The molecular weight excluding hydrogens is 546 g/mol. The molecule has 42 heavy (non-hydrogen) atoms. The summed E-state index contributed by atoms with van der Waals surface area (Å²) in [4.78, 5) is 75.9. The molecule has 0 saturated carbocycles. The summed E-state index contributed by atoms with van der Waals surface area (Å²) in [6.45, 7) is 7.31. The van der Waals surface area contributed by atoms with Crippen LogP contribution in [0.4, 0.5) is 17.5 Å². The Balaban J connectivity index is 1.36. The molecule has 0 aromatic carbocycles. The highest BCUT2D eigenvalue weighted by atomic mass is 16.5. The Labute approximate surface area is 242 Å². The number of hydrogen-bond acceptors (Lipinski definition) is 11. The molecule has 4 heterocycles. The lowest BCUT2D eigenvalue weighted by atomic mass is 9.97. The average molecular weight is 586 g/mol. The Morgan fingerprint density at radius 1 is 1.17 bits per heavy atom. The number of carbonyl (C=O) groups excluding carboxylic acids is 3. The minimum atomic E-state index is -0.563. The van der Waals surface area contributed by atoms with E-state index in [1.54, 1.807) is 11.8 Å². The zero-order valence-corrected chi connectivity index (χ0v) is 23.9. The maximum absolute atomic E-state index is 13.0. The second-order valence-electron chi connectivity index (χ2n) is 10.7. The molecular formula is C27H39N9O6. The summed E-state index contributed by atoms with van der Waals surface area (Å²) < 4.78 is 4.65. The molecule has 2 aromatic rings. The quantitative estimate of drug-likeness (QED) is 0.177. The van der Waals surface area contributed by atoms with Crippen molar-refractivity contribution in [1.29, 1.82) is 0 Å². The van der Waals surface area contributed by atoms with Gasteiger partial charge in [0.1, 0.15) is 11.5 Å². The molecule has 2 saturated heterocycles. The summed E-state index contributed by atoms with van der Waals surface area (Å²) in [5.74, 6) is -0.583. The number of nitrogens with zero attached hydrogens (tertiary/aromatic N) is 4. The molecule has 228 valence electrons. The first-order chi connectivity index (χ1) is 20.1. The van der Waals surface area contributed by atoms with E-state index in [4.69, 9.17) is 11.5 Å². The number of piperidine rings is 1. The highest BCUT2D eigenvalue weighted by molar-refractivity contribution is 5.98. The van der Waals surface area contributed by atoms with Gasteiger partial charge in [0, 0.05) is 63.3 Å². The van der Waals surface area contributed by atoms with Gasteiger partial charge in [-0.1, -0.05) is 6.92 Å². The van der Waals surface area contributed by atoms with Gasteiger partial charge in [0.25, 0.3) is 23.8 Å². The number of pyridine rings is 1. The van der Waals surface area contributed by atoms with Gasteiger partial charge < -0.3 is 41.3 Å². The molecule has 0 radical (unpaired) electrons. The number of nitrogen functional groups attached to an aromatic ring is 2. The molecule has 15 nitrogen and oxygen atoms in total. The Bertz CT molecular complexity index is 1400. The maximum Gasteiger partial charge on any atom is 0.293 e. The van der Waals surface area contributed by atoms with Crippen LogP contribution in [0.2, 0.25) is 0 Å². The van der Waals surface area contributed by atoms with Crippen LogP contribution in [0.25, 0.3) is 0 Å². The van der Waals surface area contributed by atoms with Gasteiger partial charge in [-0.3, -0.25) is 28.9 Å². The summed E-state index contributed by atoms with van der Waals surface area (Å²) in [7, 11) is 0. The highest BCUT2D eigenvalue weighted by Crippen LogP contribution is 2.26. The van der Waals surface area contributed by atoms with Crippen LogP contribution in [-0.2, 0) is 9.53 Å². The Kier molecular flexibility index (Phi) is 9.83. The third kappa shape index (κ3) is 6.90. The number of piperazine rings is 1. The predicted octanol–water partition coefficient (Wildman–Crippen LogP) is -0.491. The summed E-state index contributed by atoms with van der Waals surface area (Å²) in [5, 5.41) is 2.71. The van der Waals surface area contributed by atoms with Gasteiger partial charge in [0.05, 0.1) is 12.2 Å². The number of hydrogen-bond donors (Lipinski definition) is 5. The monoisotopic (exact) mass is 585 g/mol. The van der Waals surface area contributed by atoms with E-state index in [-0.39, 0.29) is 59.3 Å². The highest BCUT2D eigenvalue weighted by Gasteiger charge is 2.35. The Morgan fingerprint density at radius 3 is 2.57 bits per heavy atom. The lowest BCUT2D eigenvalue weighted by molar-refractivity contribution is -0.128. The van der Waals surface area contributed by atoms with Gasteiger partial charge in [-0.05, 0) is 32.3 Å². The first-order valence-electron chi connectivity index (χ1n) is 14.2. The number of H-pyrrole nitrogens is 2. The van der Waals surface area contributed by atoms with Crippen LogP contribution in [-0.4, -0.2) is 100 Å². The maximum atomic E-state index is 13.0. The lowest BCUT2D eigenvalue weighted by Crippen LogP contribution is -2.59. The third-order valence-corrected chi connectivity index (χ3v) is 7.97. The predicted molar refractivity (Wildman–Crippen MR) is 156 cm³/mol. The number of carbonyl (C=O) groups is 3. The number of ether oxygens (including phenoxy) is 1. The molecule has 7 N–H and O–H groups in total. The largest absolute Gasteiger partial charge is 0.468 e. The fourth-order valence-corrected chi connectivity index (χ4v) is 5.66. The first-order valence-corrected chi connectivity index (χ1v) is 14.2. The molecule has 0 aliphatic carbocycles. The van der Waals surface area contributed by atoms with Crippen molar-refractivity contribution >= 4 is 35.7 Å². The smallest absolute Gasteiger partial charge is 0.293 e. The van der Waals surface area contributed by atoms with Gasteiger partial charge >= 0.3 is 0 Å². The van der Waals surface area contributed by atoms with Crippen molar-refractivity contribution in [2.24, 2.45) is 0 Å². The van der Waals surface area contributed by atoms with Crippen molar-refractivity contribution < 1.29 is 19.1 Å². The van der Waals surface area contributed by atoms with E-state index in [9.17, 15) is 24.0 Å². The number of nitrogens with one attached hydrogen (secondary N) is 3. The Hall–Kier alpha value is -4.40. The van der Waals surface area contributed by atoms with Crippen LogP contribution in [0, 0.1) is 0 Å². The molecule has 15 heteroatoms. The number of anilines is 3. The molecule has 4 rings (SSSR count). The summed E-state index contributed by atoms with van der Waals surface area (Å²) in [6, 6.07) is 2.87. The number of nitrogens with two attached hydrogens (primary N) is 2.